The normalized spacial score (nSPS) is 12.2. The van der Waals surface area contributed by atoms with Crippen molar-refractivity contribution in [2.24, 2.45) is 7.05 Å². The Morgan fingerprint density at radius 1 is 1.20 bits per heavy atom. The smallest absolute Gasteiger partial charge is 0.268 e. The maximum atomic E-state index is 12.2. The molecule has 0 aliphatic carbocycles. The van der Waals surface area contributed by atoms with Gasteiger partial charge in [-0.25, -0.2) is 0 Å². The van der Waals surface area contributed by atoms with E-state index in [1.54, 1.807) is 7.05 Å². The third-order valence-electron chi connectivity index (χ3n) is 3.65. The lowest BCUT2D eigenvalue weighted by Crippen LogP contribution is -2.28. The molecular weight excluding hydrogens is 332 g/mol. The minimum Gasteiger partial charge on any atom is -0.489 e. The molecular formula is C20H16N2O2S. The highest BCUT2D eigenvalue weighted by atomic mass is 32.1. The van der Waals surface area contributed by atoms with E-state index in [0.717, 1.165) is 16.9 Å². The van der Waals surface area contributed by atoms with Gasteiger partial charge in [0.05, 0.1) is 10.6 Å². The Morgan fingerprint density at radius 2 is 2.00 bits per heavy atom. The number of benzene rings is 2. The molecule has 124 valence electrons. The van der Waals surface area contributed by atoms with E-state index < -0.39 is 0 Å². The van der Waals surface area contributed by atoms with Crippen molar-refractivity contribution in [1.82, 2.24) is 4.57 Å². The second kappa shape index (κ2) is 7.65. The topological polar surface area (TPSA) is 55.0 Å². The van der Waals surface area contributed by atoms with E-state index >= 15 is 0 Å². The minimum atomic E-state index is -0.109. The predicted molar refractivity (Wildman–Crippen MR) is 99.7 cm³/mol. The van der Waals surface area contributed by atoms with E-state index in [9.17, 15) is 4.79 Å². The van der Waals surface area contributed by atoms with Crippen molar-refractivity contribution in [2.45, 2.75) is 6.61 Å². The van der Waals surface area contributed by atoms with Crippen molar-refractivity contribution in [3.05, 3.63) is 85.3 Å². The quantitative estimate of drug-likeness (QED) is 0.726. The van der Waals surface area contributed by atoms with Crippen molar-refractivity contribution in [1.29, 1.82) is 5.26 Å². The van der Waals surface area contributed by atoms with E-state index in [4.69, 9.17) is 10.00 Å². The summed E-state index contributed by atoms with van der Waals surface area (Å²) in [5.41, 5.74) is 1.87. The third-order valence-corrected chi connectivity index (χ3v) is 4.77. The molecule has 1 heterocycles. The standard InChI is InChI=1S/C20H16N2O2S/c1-22-19(10-11-21)25-18(20(22)23)13-16-8-5-9-17(12-16)24-14-15-6-3-2-4-7-15/h2-10,12-13H,14H2,1H3/b18-13+,19-10-. The molecule has 2 aromatic carbocycles. The Bertz CT molecular complexity index is 1090. The van der Waals surface area contributed by atoms with Crippen LogP contribution < -0.4 is 19.5 Å². The molecule has 1 aromatic heterocycles. The lowest BCUT2D eigenvalue weighted by Gasteiger charge is -2.06. The summed E-state index contributed by atoms with van der Waals surface area (Å²) in [6, 6.07) is 19.5. The Morgan fingerprint density at radius 3 is 2.76 bits per heavy atom. The molecule has 0 aliphatic rings. The van der Waals surface area contributed by atoms with E-state index in [1.165, 1.54) is 22.0 Å². The molecule has 0 fully saturated rings. The van der Waals surface area contributed by atoms with Crippen LogP contribution in [0.3, 0.4) is 0 Å². The first-order chi connectivity index (χ1) is 12.2. The molecule has 0 aliphatic heterocycles. The summed E-state index contributed by atoms with van der Waals surface area (Å²) < 4.78 is 8.52. The van der Waals surface area contributed by atoms with Crippen molar-refractivity contribution >= 4 is 23.5 Å². The zero-order valence-electron chi connectivity index (χ0n) is 13.7. The van der Waals surface area contributed by atoms with E-state index in [2.05, 4.69) is 0 Å². The van der Waals surface area contributed by atoms with Gasteiger partial charge in [0, 0.05) is 13.1 Å². The summed E-state index contributed by atoms with van der Waals surface area (Å²) in [5, 5.41) is 8.78. The van der Waals surface area contributed by atoms with E-state index in [-0.39, 0.29) is 5.56 Å². The van der Waals surface area contributed by atoms with Gasteiger partial charge in [-0.1, -0.05) is 42.5 Å². The van der Waals surface area contributed by atoms with Gasteiger partial charge >= 0.3 is 0 Å². The zero-order valence-corrected chi connectivity index (χ0v) is 14.5. The van der Waals surface area contributed by atoms with Gasteiger partial charge in [-0.05, 0) is 29.3 Å². The highest BCUT2D eigenvalue weighted by molar-refractivity contribution is 7.07. The second-order valence-corrected chi connectivity index (χ2v) is 6.50. The van der Waals surface area contributed by atoms with Gasteiger partial charge in [0.25, 0.3) is 5.56 Å². The van der Waals surface area contributed by atoms with Crippen LogP contribution >= 0.6 is 11.3 Å². The zero-order chi connectivity index (χ0) is 17.6. The van der Waals surface area contributed by atoms with Gasteiger partial charge in [0.2, 0.25) is 0 Å². The molecule has 25 heavy (non-hydrogen) atoms. The number of nitriles is 1. The van der Waals surface area contributed by atoms with Gasteiger partial charge < -0.3 is 9.30 Å². The largest absolute Gasteiger partial charge is 0.489 e. The number of aromatic nitrogens is 1. The summed E-state index contributed by atoms with van der Waals surface area (Å²) in [7, 11) is 1.67. The van der Waals surface area contributed by atoms with Gasteiger partial charge in [0.15, 0.2) is 0 Å². The Kier molecular flexibility index (Phi) is 5.12. The highest BCUT2D eigenvalue weighted by Gasteiger charge is 2.01. The predicted octanol–water partition coefficient (Wildman–Crippen LogP) is 2.16. The van der Waals surface area contributed by atoms with Crippen LogP contribution in [-0.4, -0.2) is 4.57 Å². The Labute approximate surface area is 149 Å². The van der Waals surface area contributed by atoms with Crippen LogP contribution in [0.1, 0.15) is 11.1 Å². The first-order valence-corrected chi connectivity index (χ1v) is 8.53. The second-order valence-electron chi connectivity index (χ2n) is 5.43. The molecule has 0 radical (unpaired) electrons. The van der Waals surface area contributed by atoms with Crippen LogP contribution in [0.25, 0.3) is 12.2 Å². The molecule has 0 bridgehead atoms. The van der Waals surface area contributed by atoms with Crippen LogP contribution in [0.2, 0.25) is 0 Å². The maximum Gasteiger partial charge on any atom is 0.268 e. The van der Waals surface area contributed by atoms with Crippen LogP contribution in [0, 0.1) is 11.3 Å². The van der Waals surface area contributed by atoms with Crippen LogP contribution in [0.15, 0.2) is 59.4 Å². The van der Waals surface area contributed by atoms with E-state index in [0.29, 0.717) is 15.8 Å². The highest BCUT2D eigenvalue weighted by Crippen LogP contribution is 2.15. The lowest BCUT2D eigenvalue weighted by atomic mass is 10.2. The summed E-state index contributed by atoms with van der Waals surface area (Å²) >= 11 is 1.30. The minimum absolute atomic E-state index is 0.109. The first kappa shape index (κ1) is 16.7. The number of nitrogens with zero attached hydrogens (tertiary/aromatic N) is 2. The number of thiazole rings is 1. The SMILES string of the molecule is Cn1c(=O)/c(=C\c2cccc(OCc3ccccc3)c2)s/c1=C\C#N. The fourth-order valence-electron chi connectivity index (χ4n) is 2.35. The molecule has 3 rings (SSSR count). The number of rotatable bonds is 4. The molecule has 0 amide bonds. The Balaban J connectivity index is 1.88. The number of hydrogen-bond acceptors (Lipinski definition) is 4. The monoisotopic (exact) mass is 348 g/mol. The van der Waals surface area contributed by atoms with Crippen molar-refractivity contribution in [3.8, 4) is 11.8 Å². The van der Waals surface area contributed by atoms with Crippen LogP contribution in [0.5, 0.6) is 5.75 Å². The van der Waals surface area contributed by atoms with Crippen molar-refractivity contribution in [3.63, 3.8) is 0 Å². The lowest BCUT2D eigenvalue weighted by molar-refractivity contribution is 0.306. The van der Waals surface area contributed by atoms with Crippen LogP contribution in [0.4, 0.5) is 0 Å². The molecule has 0 unspecified atom stereocenters. The van der Waals surface area contributed by atoms with Crippen molar-refractivity contribution < 1.29 is 4.74 Å². The fourth-order valence-corrected chi connectivity index (χ4v) is 3.33. The average Bonchev–Trinajstić information content (AvgIpc) is 2.90. The van der Waals surface area contributed by atoms with Crippen LogP contribution in [-0.2, 0) is 13.7 Å². The molecule has 0 saturated heterocycles. The van der Waals surface area contributed by atoms with E-state index in [1.807, 2.05) is 66.7 Å². The van der Waals surface area contributed by atoms with Gasteiger partial charge in [-0.2, -0.15) is 5.26 Å². The summed E-state index contributed by atoms with van der Waals surface area (Å²) in [6.45, 7) is 0.492. The molecule has 3 aromatic rings. The molecule has 0 saturated carbocycles. The summed E-state index contributed by atoms with van der Waals surface area (Å²) in [6.07, 6.45) is 3.19. The number of hydrogen-bond donors (Lipinski definition) is 0. The summed E-state index contributed by atoms with van der Waals surface area (Å²) in [5.74, 6) is 0.745. The molecule has 4 nitrogen and oxygen atoms in total. The van der Waals surface area contributed by atoms with Gasteiger partial charge in [-0.3, -0.25) is 4.79 Å². The number of ether oxygens (including phenoxy) is 1. The summed E-state index contributed by atoms with van der Waals surface area (Å²) in [4.78, 5) is 12.2. The third kappa shape index (κ3) is 4.06. The first-order valence-electron chi connectivity index (χ1n) is 7.71. The molecule has 5 heteroatoms. The average molecular weight is 348 g/mol. The fraction of sp³-hybridized carbons (Fsp3) is 0.100. The molecule has 0 N–H and O–H groups in total. The van der Waals surface area contributed by atoms with Gasteiger partial charge in [0.1, 0.15) is 17.0 Å². The maximum absolute atomic E-state index is 12.2. The van der Waals surface area contributed by atoms with Crippen molar-refractivity contribution in [2.75, 3.05) is 0 Å². The molecule has 0 spiro atoms. The van der Waals surface area contributed by atoms with Gasteiger partial charge in [-0.15, -0.1) is 11.3 Å². The molecule has 0 atom stereocenters. The Hall–Kier alpha value is -3.10.